The summed E-state index contributed by atoms with van der Waals surface area (Å²) in [5.41, 5.74) is 2.00. The van der Waals surface area contributed by atoms with Crippen LogP contribution in [0.25, 0.3) is 17.2 Å². The normalized spacial score (nSPS) is 10.4. The van der Waals surface area contributed by atoms with Gasteiger partial charge in [-0.15, -0.1) is 10.2 Å². The molecule has 1 N–H and O–H groups in total. The fraction of sp³-hybridized carbons (Fsp3) is 0. The van der Waals surface area contributed by atoms with Gasteiger partial charge < -0.3 is 0 Å². The molecule has 16 heavy (non-hydrogen) atoms. The van der Waals surface area contributed by atoms with Crippen LogP contribution < -0.4 is 0 Å². The van der Waals surface area contributed by atoms with E-state index in [1.165, 1.54) is 0 Å². The van der Waals surface area contributed by atoms with Crippen LogP contribution in [0.3, 0.4) is 0 Å². The predicted molar refractivity (Wildman–Crippen MR) is 55.3 cm³/mol. The summed E-state index contributed by atoms with van der Waals surface area (Å²) in [6.07, 6.45) is 3.42. The maximum absolute atomic E-state index is 8.76. The highest BCUT2D eigenvalue weighted by molar-refractivity contribution is 5.56. The topological polar surface area (TPSA) is 82.7 Å². The lowest BCUT2D eigenvalue weighted by Gasteiger charge is -1.96. The van der Waals surface area contributed by atoms with Gasteiger partial charge in [0.05, 0.1) is 11.6 Å². The van der Waals surface area contributed by atoms with E-state index in [2.05, 4.69) is 26.5 Å². The van der Waals surface area contributed by atoms with Crippen molar-refractivity contribution >= 4 is 5.65 Å². The number of pyridine rings is 1. The minimum atomic E-state index is 0.566. The number of fused-ring (bicyclic) bond motifs is 1. The van der Waals surface area contributed by atoms with Crippen molar-refractivity contribution < 1.29 is 0 Å². The molecule has 0 atom stereocenters. The standard InChI is InChI=1S/C10H6N6/c11-6-7-2-4-16-9(5-7)14-15-10(16)8-1-3-12-13-8/h1-5H,(H,12,13). The Hall–Kier alpha value is -2.68. The summed E-state index contributed by atoms with van der Waals surface area (Å²) in [6.45, 7) is 0. The van der Waals surface area contributed by atoms with Gasteiger partial charge in [-0.25, -0.2) is 0 Å². The second-order valence-corrected chi connectivity index (χ2v) is 3.25. The van der Waals surface area contributed by atoms with Gasteiger partial charge in [0.15, 0.2) is 11.5 Å². The Morgan fingerprint density at radius 2 is 2.25 bits per heavy atom. The molecule has 0 aliphatic carbocycles. The van der Waals surface area contributed by atoms with Crippen LogP contribution in [-0.4, -0.2) is 24.8 Å². The van der Waals surface area contributed by atoms with Crippen LogP contribution in [0.15, 0.2) is 30.6 Å². The van der Waals surface area contributed by atoms with E-state index in [4.69, 9.17) is 5.26 Å². The van der Waals surface area contributed by atoms with E-state index in [0.717, 1.165) is 5.69 Å². The number of hydrogen-bond donors (Lipinski definition) is 1. The summed E-state index contributed by atoms with van der Waals surface area (Å²) in [5, 5.41) is 23.5. The number of aromatic amines is 1. The van der Waals surface area contributed by atoms with Gasteiger partial charge >= 0.3 is 0 Å². The van der Waals surface area contributed by atoms with Gasteiger partial charge in [-0.3, -0.25) is 9.50 Å². The predicted octanol–water partition coefficient (Wildman–Crippen LogP) is 0.991. The van der Waals surface area contributed by atoms with Crippen LogP contribution in [0, 0.1) is 11.3 Å². The minimum Gasteiger partial charge on any atom is -0.281 e. The molecule has 0 radical (unpaired) electrons. The van der Waals surface area contributed by atoms with Crippen molar-refractivity contribution in [2.45, 2.75) is 0 Å². The van der Waals surface area contributed by atoms with E-state index < -0.39 is 0 Å². The first-order valence-corrected chi connectivity index (χ1v) is 4.63. The molecule has 0 aliphatic rings. The van der Waals surface area contributed by atoms with E-state index in [-0.39, 0.29) is 0 Å². The van der Waals surface area contributed by atoms with Crippen molar-refractivity contribution in [3.8, 4) is 17.6 Å². The number of rotatable bonds is 1. The highest BCUT2D eigenvalue weighted by atomic mass is 15.3. The number of nitrogens with zero attached hydrogens (tertiary/aromatic N) is 5. The third-order valence-corrected chi connectivity index (χ3v) is 2.28. The molecule has 3 aromatic rings. The number of nitriles is 1. The zero-order valence-corrected chi connectivity index (χ0v) is 8.12. The number of aromatic nitrogens is 5. The van der Waals surface area contributed by atoms with Crippen LogP contribution in [0.1, 0.15) is 5.56 Å². The maximum atomic E-state index is 8.76. The molecule has 0 saturated heterocycles. The lowest BCUT2D eigenvalue weighted by molar-refractivity contribution is 1.05. The zero-order valence-electron chi connectivity index (χ0n) is 8.12. The van der Waals surface area contributed by atoms with Crippen LogP contribution >= 0.6 is 0 Å². The van der Waals surface area contributed by atoms with Crippen LogP contribution in [0.5, 0.6) is 0 Å². The van der Waals surface area contributed by atoms with Crippen molar-refractivity contribution in [1.82, 2.24) is 24.8 Å². The maximum Gasteiger partial charge on any atom is 0.186 e. The molecule has 0 unspecified atom stereocenters. The molecule has 6 nitrogen and oxygen atoms in total. The molecule has 3 heterocycles. The van der Waals surface area contributed by atoms with Gasteiger partial charge in [0, 0.05) is 18.5 Å². The summed E-state index contributed by atoms with van der Waals surface area (Å²) in [7, 11) is 0. The molecule has 0 bridgehead atoms. The first-order valence-electron chi connectivity index (χ1n) is 4.63. The summed E-state index contributed by atoms with van der Waals surface area (Å²) in [4.78, 5) is 0. The van der Waals surface area contributed by atoms with Crippen molar-refractivity contribution in [3.63, 3.8) is 0 Å². The largest absolute Gasteiger partial charge is 0.281 e. The summed E-state index contributed by atoms with van der Waals surface area (Å²) in [6, 6.07) is 7.28. The Kier molecular flexibility index (Phi) is 1.71. The molecule has 0 aliphatic heterocycles. The van der Waals surface area contributed by atoms with Gasteiger partial charge in [-0.1, -0.05) is 0 Å². The smallest absolute Gasteiger partial charge is 0.186 e. The fourth-order valence-electron chi connectivity index (χ4n) is 1.52. The number of H-pyrrole nitrogens is 1. The molecule has 0 fully saturated rings. The van der Waals surface area contributed by atoms with Crippen molar-refractivity contribution in [2.24, 2.45) is 0 Å². The van der Waals surface area contributed by atoms with Crippen molar-refractivity contribution in [1.29, 1.82) is 5.26 Å². The van der Waals surface area contributed by atoms with E-state index in [9.17, 15) is 0 Å². The van der Waals surface area contributed by atoms with Crippen molar-refractivity contribution in [3.05, 3.63) is 36.2 Å². The zero-order chi connectivity index (χ0) is 11.0. The minimum absolute atomic E-state index is 0.566. The van der Waals surface area contributed by atoms with Gasteiger partial charge in [-0.05, 0) is 12.1 Å². The Morgan fingerprint density at radius 1 is 1.31 bits per heavy atom. The molecule has 0 aromatic carbocycles. The second kappa shape index (κ2) is 3.17. The van der Waals surface area contributed by atoms with Gasteiger partial charge in [0.1, 0.15) is 5.69 Å². The van der Waals surface area contributed by atoms with E-state index in [0.29, 0.717) is 17.0 Å². The second-order valence-electron chi connectivity index (χ2n) is 3.25. The van der Waals surface area contributed by atoms with Gasteiger partial charge in [-0.2, -0.15) is 10.4 Å². The Balaban J connectivity index is 2.26. The van der Waals surface area contributed by atoms with E-state index in [1.807, 2.05) is 6.07 Å². The summed E-state index contributed by atoms with van der Waals surface area (Å²) in [5.74, 6) is 0.678. The van der Waals surface area contributed by atoms with Crippen LogP contribution in [-0.2, 0) is 0 Å². The average molecular weight is 210 g/mol. The molecular weight excluding hydrogens is 204 g/mol. The SMILES string of the molecule is N#Cc1ccn2c(-c3ccn[nH]3)nnc2c1. The highest BCUT2D eigenvalue weighted by Gasteiger charge is 2.08. The molecule has 0 spiro atoms. The molecule has 0 saturated carbocycles. The summed E-state index contributed by atoms with van der Waals surface area (Å²) < 4.78 is 1.80. The lowest BCUT2D eigenvalue weighted by Crippen LogP contribution is -1.90. The Bertz CT molecular complexity index is 673. The Morgan fingerprint density at radius 3 is 3.00 bits per heavy atom. The molecule has 76 valence electrons. The average Bonchev–Trinajstić information content (AvgIpc) is 2.96. The third kappa shape index (κ3) is 1.15. The lowest BCUT2D eigenvalue weighted by atomic mass is 10.3. The van der Waals surface area contributed by atoms with E-state index >= 15 is 0 Å². The third-order valence-electron chi connectivity index (χ3n) is 2.28. The highest BCUT2D eigenvalue weighted by Crippen LogP contribution is 2.15. The first-order chi connectivity index (χ1) is 7.88. The monoisotopic (exact) mass is 210 g/mol. The molecule has 3 rings (SSSR count). The number of hydrogen-bond acceptors (Lipinski definition) is 4. The quantitative estimate of drug-likeness (QED) is 0.649. The van der Waals surface area contributed by atoms with Crippen LogP contribution in [0.4, 0.5) is 0 Å². The van der Waals surface area contributed by atoms with Gasteiger partial charge in [0.2, 0.25) is 0 Å². The Labute approximate surface area is 90.2 Å². The summed E-state index contributed by atoms with van der Waals surface area (Å²) >= 11 is 0. The first kappa shape index (κ1) is 8.61. The van der Waals surface area contributed by atoms with Gasteiger partial charge in [0.25, 0.3) is 0 Å². The van der Waals surface area contributed by atoms with Crippen molar-refractivity contribution in [2.75, 3.05) is 0 Å². The number of nitrogens with one attached hydrogen (secondary N) is 1. The van der Waals surface area contributed by atoms with Crippen LogP contribution in [0.2, 0.25) is 0 Å². The fourth-order valence-corrected chi connectivity index (χ4v) is 1.52. The molecular formula is C10H6N6. The molecule has 3 aromatic heterocycles. The molecule has 0 amide bonds. The van der Waals surface area contributed by atoms with E-state index in [1.54, 1.807) is 28.9 Å². The molecule has 6 heteroatoms.